The second-order valence-electron chi connectivity index (χ2n) is 6.81. The number of aryl methyl sites for hydroxylation is 1. The normalized spacial score (nSPS) is 14.6. The zero-order valence-electron chi connectivity index (χ0n) is 16.4. The average Bonchev–Trinajstić information content (AvgIpc) is 2.71. The summed E-state index contributed by atoms with van der Waals surface area (Å²) < 4.78 is 12.3. The molecule has 28 heavy (non-hydrogen) atoms. The number of ether oxygens (including phenoxy) is 2. The maximum absolute atomic E-state index is 12.6. The smallest absolute Gasteiger partial charge is 0.244 e. The number of pyridine rings is 1. The van der Waals surface area contributed by atoms with Crippen LogP contribution in [0.3, 0.4) is 0 Å². The number of methoxy groups -OCH3 is 1. The Morgan fingerprint density at radius 3 is 2.57 bits per heavy atom. The number of nitrogens with one attached hydrogen (secondary N) is 1. The summed E-state index contributed by atoms with van der Waals surface area (Å²) in [4.78, 5) is 27.0. The van der Waals surface area contributed by atoms with E-state index in [0.717, 1.165) is 30.9 Å². The van der Waals surface area contributed by atoms with E-state index < -0.39 is 0 Å². The lowest BCUT2D eigenvalue weighted by Crippen LogP contribution is -2.37. The molecule has 1 saturated heterocycles. The Morgan fingerprint density at radius 1 is 1.21 bits per heavy atom. The van der Waals surface area contributed by atoms with E-state index in [-0.39, 0.29) is 23.6 Å². The van der Waals surface area contributed by atoms with Gasteiger partial charge in [0.1, 0.15) is 6.54 Å². The number of benzene rings is 1. The van der Waals surface area contributed by atoms with Crippen molar-refractivity contribution in [2.75, 3.05) is 38.7 Å². The van der Waals surface area contributed by atoms with Gasteiger partial charge < -0.3 is 19.4 Å². The molecule has 1 N–H and O–H groups in total. The fourth-order valence-corrected chi connectivity index (χ4v) is 3.20. The monoisotopic (exact) mass is 385 g/mol. The number of rotatable bonds is 7. The molecule has 7 nitrogen and oxygen atoms in total. The van der Waals surface area contributed by atoms with Crippen molar-refractivity contribution in [2.45, 2.75) is 26.4 Å². The molecule has 1 fully saturated rings. The van der Waals surface area contributed by atoms with Crippen molar-refractivity contribution < 1.29 is 14.3 Å². The van der Waals surface area contributed by atoms with Gasteiger partial charge in [0.05, 0.1) is 26.5 Å². The molecule has 2 aromatic rings. The van der Waals surface area contributed by atoms with Crippen LogP contribution >= 0.6 is 0 Å². The lowest BCUT2D eigenvalue weighted by Gasteiger charge is -2.27. The third-order valence-electron chi connectivity index (χ3n) is 4.85. The average molecular weight is 385 g/mol. The first-order chi connectivity index (χ1) is 13.6. The molecule has 150 valence electrons. The predicted molar refractivity (Wildman–Crippen MR) is 108 cm³/mol. The van der Waals surface area contributed by atoms with Crippen molar-refractivity contribution in [1.82, 2.24) is 9.47 Å². The summed E-state index contributed by atoms with van der Waals surface area (Å²) in [7, 11) is 1.46. The summed E-state index contributed by atoms with van der Waals surface area (Å²) in [5, 5.41) is 2.91. The van der Waals surface area contributed by atoms with Gasteiger partial charge in [0, 0.05) is 37.1 Å². The van der Waals surface area contributed by atoms with Gasteiger partial charge in [-0.25, -0.2) is 0 Å². The molecular weight excluding hydrogens is 358 g/mol. The number of hydrogen-bond acceptors (Lipinski definition) is 5. The summed E-state index contributed by atoms with van der Waals surface area (Å²) in [5.41, 5.74) is 2.57. The molecule has 1 amide bonds. The quantitative estimate of drug-likeness (QED) is 0.788. The number of anilines is 1. The van der Waals surface area contributed by atoms with E-state index in [4.69, 9.17) is 9.47 Å². The highest BCUT2D eigenvalue weighted by atomic mass is 16.5. The molecule has 7 heteroatoms. The minimum absolute atomic E-state index is 0.103. The van der Waals surface area contributed by atoms with Crippen molar-refractivity contribution in [3.63, 3.8) is 0 Å². The van der Waals surface area contributed by atoms with Gasteiger partial charge in [-0.05, 0) is 24.1 Å². The van der Waals surface area contributed by atoms with Gasteiger partial charge in [0.2, 0.25) is 11.3 Å². The molecule has 1 aromatic carbocycles. The standard InChI is InChI=1S/C21H27N3O4/c1-3-16-4-6-17(7-5-16)22-21(26)15-24-14-20(27-2)19(25)12-18(24)13-23-8-10-28-11-9-23/h4-7,12,14H,3,8-11,13,15H2,1-2H3,(H,22,26). The molecule has 1 aromatic heterocycles. The Balaban J connectivity index is 1.75. The highest BCUT2D eigenvalue weighted by Gasteiger charge is 2.16. The molecule has 0 aliphatic carbocycles. The van der Waals surface area contributed by atoms with E-state index in [0.29, 0.717) is 19.8 Å². The topological polar surface area (TPSA) is 72.8 Å². The number of nitrogens with zero attached hydrogens (tertiary/aromatic N) is 2. The predicted octanol–water partition coefficient (Wildman–Crippen LogP) is 1.89. The Kier molecular flexibility index (Phi) is 6.84. The third kappa shape index (κ3) is 5.21. The molecule has 0 atom stereocenters. The summed E-state index contributed by atoms with van der Waals surface area (Å²) in [6.07, 6.45) is 2.56. The van der Waals surface area contributed by atoms with Gasteiger partial charge in [-0.2, -0.15) is 0 Å². The zero-order chi connectivity index (χ0) is 19.9. The van der Waals surface area contributed by atoms with Crippen LogP contribution in [0.15, 0.2) is 41.3 Å². The number of carbonyl (C=O) groups is 1. The first-order valence-electron chi connectivity index (χ1n) is 9.55. The molecule has 2 heterocycles. The van der Waals surface area contributed by atoms with Crippen LogP contribution in [-0.2, 0) is 29.0 Å². The maximum Gasteiger partial charge on any atom is 0.244 e. The van der Waals surface area contributed by atoms with E-state index in [9.17, 15) is 9.59 Å². The molecule has 3 rings (SSSR count). The Labute approximate surface area is 164 Å². The second kappa shape index (κ2) is 9.52. The number of carbonyl (C=O) groups excluding carboxylic acids is 1. The van der Waals surface area contributed by atoms with Crippen molar-refractivity contribution >= 4 is 11.6 Å². The van der Waals surface area contributed by atoms with Crippen LogP contribution in [0.25, 0.3) is 0 Å². The molecule has 0 bridgehead atoms. The summed E-state index contributed by atoms with van der Waals surface area (Å²) in [5.74, 6) is 0.0732. The Morgan fingerprint density at radius 2 is 1.93 bits per heavy atom. The van der Waals surface area contributed by atoms with Gasteiger partial charge in [-0.1, -0.05) is 19.1 Å². The molecule has 1 aliphatic rings. The zero-order valence-corrected chi connectivity index (χ0v) is 16.4. The molecule has 0 radical (unpaired) electrons. The lowest BCUT2D eigenvalue weighted by molar-refractivity contribution is -0.116. The lowest BCUT2D eigenvalue weighted by atomic mass is 10.1. The Bertz CT molecular complexity index is 855. The molecule has 0 unspecified atom stereocenters. The highest BCUT2D eigenvalue weighted by molar-refractivity contribution is 5.90. The van der Waals surface area contributed by atoms with Crippen molar-refractivity contribution in [1.29, 1.82) is 0 Å². The van der Waals surface area contributed by atoms with Crippen LogP contribution in [0.5, 0.6) is 5.75 Å². The van der Waals surface area contributed by atoms with E-state index >= 15 is 0 Å². The summed E-state index contributed by atoms with van der Waals surface area (Å²) in [6, 6.07) is 9.36. The van der Waals surface area contributed by atoms with Crippen molar-refractivity contribution in [3.05, 3.63) is 58.0 Å². The summed E-state index contributed by atoms with van der Waals surface area (Å²) in [6.45, 7) is 5.73. The van der Waals surface area contributed by atoms with Crippen LogP contribution < -0.4 is 15.5 Å². The first-order valence-corrected chi connectivity index (χ1v) is 9.55. The number of morpholine rings is 1. The largest absolute Gasteiger partial charge is 0.491 e. The van der Waals surface area contributed by atoms with E-state index in [1.807, 2.05) is 24.3 Å². The number of aromatic nitrogens is 1. The molecular formula is C21H27N3O4. The molecule has 0 saturated carbocycles. The van der Waals surface area contributed by atoms with Gasteiger partial charge >= 0.3 is 0 Å². The third-order valence-corrected chi connectivity index (χ3v) is 4.85. The SMILES string of the molecule is CCc1ccc(NC(=O)Cn2cc(OC)c(=O)cc2CN2CCOCC2)cc1. The van der Waals surface area contributed by atoms with Crippen LogP contribution in [0.2, 0.25) is 0 Å². The van der Waals surface area contributed by atoms with Crippen LogP contribution in [0, 0.1) is 0 Å². The van der Waals surface area contributed by atoms with Crippen LogP contribution in [-0.4, -0.2) is 48.8 Å². The maximum atomic E-state index is 12.6. The first kappa shape index (κ1) is 20.1. The van der Waals surface area contributed by atoms with E-state index in [2.05, 4.69) is 17.1 Å². The van der Waals surface area contributed by atoms with Crippen LogP contribution in [0.4, 0.5) is 5.69 Å². The van der Waals surface area contributed by atoms with Gasteiger partial charge in [0.25, 0.3) is 0 Å². The second-order valence-corrected chi connectivity index (χ2v) is 6.81. The van der Waals surface area contributed by atoms with E-state index in [1.165, 1.54) is 12.7 Å². The molecule has 1 aliphatic heterocycles. The van der Waals surface area contributed by atoms with Crippen molar-refractivity contribution in [2.24, 2.45) is 0 Å². The number of amides is 1. The fraction of sp³-hybridized carbons (Fsp3) is 0.429. The summed E-state index contributed by atoms with van der Waals surface area (Å²) >= 11 is 0. The fourth-order valence-electron chi connectivity index (χ4n) is 3.20. The van der Waals surface area contributed by atoms with Gasteiger partial charge in [-0.3, -0.25) is 14.5 Å². The number of hydrogen-bond donors (Lipinski definition) is 1. The van der Waals surface area contributed by atoms with E-state index in [1.54, 1.807) is 16.8 Å². The minimum Gasteiger partial charge on any atom is -0.491 e. The van der Waals surface area contributed by atoms with Gasteiger partial charge in [-0.15, -0.1) is 0 Å². The minimum atomic E-state index is -0.183. The Hall–Kier alpha value is -2.64. The van der Waals surface area contributed by atoms with Gasteiger partial charge in [0.15, 0.2) is 5.75 Å². The van der Waals surface area contributed by atoms with Crippen molar-refractivity contribution in [3.8, 4) is 5.75 Å². The van der Waals surface area contributed by atoms with Crippen LogP contribution in [0.1, 0.15) is 18.2 Å². The highest BCUT2D eigenvalue weighted by Crippen LogP contribution is 2.13. The molecule has 0 spiro atoms.